The van der Waals surface area contributed by atoms with Crippen molar-refractivity contribution in [1.82, 2.24) is 0 Å². The fourth-order valence-electron chi connectivity index (χ4n) is 0.961. The Kier molecular flexibility index (Phi) is 3.31. The molecule has 0 bridgehead atoms. The van der Waals surface area contributed by atoms with Crippen molar-refractivity contribution in [3.05, 3.63) is 30.3 Å². The summed E-state index contributed by atoms with van der Waals surface area (Å²) in [5, 5.41) is 0. The van der Waals surface area contributed by atoms with Crippen molar-refractivity contribution in [1.29, 1.82) is 0 Å². The third-order valence-corrected chi connectivity index (χ3v) is 7.21. The Labute approximate surface area is 77.0 Å². The quantitative estimate of drug-likeness (QED) is 0.779. The fraction of sp³-hybridized carbons (Fsp3) is 0.333. The Balaban J connectivity index is 2.77. The standard InChI is InChI=1S/C7H8N.2CH3.In/c1-8-7-5-3-2-4-6-7;;;/h2-6H,1H3;2*1H3;/q-1;;;+1. The van der Waals surface area contributed by atoms with Gasteiger partial charge in [0.15, 0.2) is 0 Å². The van der Waals surface area contributed by atoms with Gasteiger partial charge < -0.3 is 0 Å². The molecule has 1 rings (SSSR count). The second-order valence-corrected chi connectivity index (χ2v) is 11.5. The Morgan fingerprint density at radius 2 is 1.64 bits per heavy atom. The molecule has 0 saturated heterocycles. The van der Waals surface area contributed by atoms with Gasteiger partial charge in [-0.1, -0.05) is 0 Å². The molecule has 1 nitrogen and oxygen atoms in total. The molecule has 0 atom stereocenters. The average Bonchev–Trinajstić information content (AvgIpc) is 2.05. The fourth-order valence-corrected chi connectivity index (χ4v) is 3.15. The first-order valence-electron chi connectivity index (χ1n) is 3.99. The molecule has 2 heteroatoms. The van der Waals surface area contributed by atoms with Gasteiger partial charge in [-0.15, -0.1) is 0 Å². The molecule has 0 radical (unpaired) electrons. The van der Waals surface area contributed by atoms with Crippen molar-refractivity contribution >= 4 is 27.4 Å². The van der Waals surface area contributed by atoms with E-state index in [1.807, 2.05) is 0 Å². The second kappa shape index (κ2) is 4.05. The molecule has 1 aromatic rings. The van der Waals surface area contributed by atoms with Crippen LogP contribution in [0.25, 0.3) is 0 Å². The van der Waals surface area contributed by atoms with E-state index in [1.54, 1.807) is 0 Å². The van der Waals surface area contributed by atoms with E-state index in [-0.39, 0.29) is 0 Å². The van der Waals surface area contributed by atoms with E-state index >= 15 is 0 Å². The van der Waals surface area contributed by atoms with E-state index in [0.29, 0.717) is 0 Å². The van der Waals surface area contributed by atoms with Crippen LogP contribution in [0, 0.1) is 0 Å². The normalized spacial score (nSPS) is 9.36. The van der Waals surface area contributed by atoms with Crippen LogP contribution in [0.1, 0.15) is 0 Å². The molecular formula is C9H14InN. The van der Waals surface area contributed by atoms with Crippen LogP contribution in [0.2, 0.25) is 9.36 Å². The summed E-state index contributed by atoms with van der Waals surface area (Å²) in [5.74, 6) is 0. The van der Waals surface area contributed by atoms with Gasteiger partial charge in [-0.25, -0.2) is 0 Å². The van der Waals surface area contributed by atoms with Crippen molar-refractivity contribution in [2.45, 2.75) is 9.36 Å². The number of hydrogen-bond acceptors (Lipinski definition) is 1. The topological polar surface area (TPSA) is 3.24 Å². The van der Waals surface area contributed by atoms with Crippen LogP contribution in [0.3, 0.4) is 0 Å². The summed E-state index contributed by atoms with van der Waals surface area (Å²) in [7, 11) is 2.20. The predicted molar refractivity (Wildman–Crippen MR) is 52.3 cm³/mol. The van der Waals surface area contributed by atoms with Crippen LogP contribution < -0.4 is 2.89 Å². The van der Waals surface area contributed by atoms with Gasteiger partial charge in [0.2, 0.25) is 0 Å². The molecule has 0 aliphatic carbocycles. The van der Waals surface area contributed by atoms with Gasteiger partial charge in [0.1, 0.15) is 0 Å². The van der Waals surface area contributed by atoms with Crippen molar-refractivity contribution in [2.24, 2.45) is 0 Å². The van der Waals surface area contributed by atoms with Gasteiger partial charge >= 0.3 is 77.0 Å². The van der Waals surface area contributed by atoms with E-state index in [2.05, 4.69) is 49.6 Å². The number of nitrogens with zero attached hydrogens (tertiary/aromatic N) is 1. The van der Waals surface area contributed by atoms with E-state index < -0.39 is 21.7 Å². The SMILES string of the molecule is C[N](c1ccccc1)[In]([CH3])[CH3]. The van der Waals surface area contributed by atoms with Crippen molar-refractivity contribution in [3.8, 4) is 0 Å². The summed E-state index contributed by atoms with van der Waals surface area (Å²) in [4.78, 5) is 0. The summed E-state index contributed by atoms with van der Waals surface area (Å²) in [6.07, 6.45) is 0. The van der Waals surface area contributed by atoms with Gasteiger partial charge in [0.05, 0.1) is 0 Å². The van der Waals surface area contributed by atoms with Gasteiger partial charge in [0, 0.05) is 0 Å². The molecular weight excluding hydrogens is 237 g/mol. The average molecular weight is 251 g/mol. The summed E-state index contributed by atoms with van der Waals surface area (Å²) in [5.41, 5.74) is 1.37. The zero-order valence-electron chi connectivity index (χ0n) is 7.41. The van der Waals surface area contributed by atoms with Crippen molar-refractivity contribution in [3.63, 3.8) is 0 Å². The van der Waals surface area contributed by atoms with Crippen molar-refractivity contribution in [2.75, 3.05) is 9.94 Å². The summed E-state index contributed by atoms with van der Waals surface area (Å²) in [6, 6.07) is 10.6. The molecule has 11 heavy (non-hydrogen) atoms. The van der Waals surface area contributed by atoms with E-state index in [9.17, 15) is 0 Å². The van der Waals surface area contributed by atoms with Crippen LogP contribution in [-0.4, -0.2) is 28.8 Å². The Hall–Kier alpha value is -0.110. The molecule has 0 N–H and O–H groups in total. The molecule has 0 aromatic heterocycles. The van der Waals surface area contributed by atoms with Crippen LogP contribution in [0.4, 0.5) is 5.69 Å². The van der Waals surface area contributed by atoms with Crippen LogP contribution in [-0.2, 0) is 0 Å². The zero-order valence-corrected chi connectivity index (χ0v) is 10.7. The molecule has 0 amide bonds. The van der Waals surface area contributed by atoms with Gasteiger partial charge in [-0.3, -0.25) is 0 Å². The number of anilines is 1. The Morgan fingerprint density at radius 3 is 2.09 bits per heavy atom. The molecule has 0 aliphatic heterocycles. The van der Waals surface area contributed by atoms with Crippen LogP contribution in [0.5, 0.6) is 0 Å². The maximum atomic E-state index is 2.46. The van der Waals surface area contributed by atoms with Crippen LogP contribution >= 0.6 is 0 Å². The van der Waals surface area contributed by atoms with Gasteiger partial charge in [0.25, 0.3) is 0 Å². The molecule has 58 valence electrons. The number of rotatable bonds is 2. The minimum atomic E-state index is -1.29. The zero-order chi connectivity index (χ0) is 8.27. The summed E-state index contributed by atoms with van der Waals surface area (Å²) < 4.78 is 7.26. The first-order valence-corrected chi connectivity index (χ1v) is 12.1. The Morgan fingerprint density at radius 1 is 1.09 bits per heavy atom. The number of para-hydroxylation sites is 1. The van der Waals surface area contributed by atoms with E-state index in [4.69, 9.17) is 0 Å². The second-order valence-electron chi connectivity index (χ2n) is 3.04. The molecule has 1 aromatic carbocycles. The number of hydrogen-bond donors (Lipinski definition) is 0. The maximum absolute atomic E-state index is 2.46. The number of benzene rings is 1. The third-order valence-electron chi connectivity index (χ3n) is 1.94. The van der Waals surface area contributed by atoms with Gasteiger partial charge in [-0.2, -0.15) is 0 Å². The Bertz CT molecular complexity index is 208. The first-order chi connectivity index (χ1) is 5.22. The van der Waals surface area contributed by atoms with E-state index in [1.165, 1.54) is 5.69 Å². The molecule has 0 aliphatic rings. The van der Waals surface area contributed by atoms with Crippen LogP contribution in [0.15, 0.2) is 30.3 Å². The minimum absolute atomic E-state index is 1.29. The predicted octanol–water partition coefficient (Wildman–Crippen LogP) is 2.37. The summed E-state index contributed by atoms with van der Waals surface area (Å²) in [6.45, 7) is 0. The molecule has 0 heterocycles. The van der Waals surface area contributed by atoms with E-state index in [0.717, 1.165) is 0 Å². The molecule has 0 saturated carbocycles. The molecule has 0 unspecified atom stereocenters. The monoisotopic (exact) mass is 251 g/mol. The van der Waals surface area contributed by atoms with Gasteiger partial charge in [-0.05, 0) is 0 Å². The first kappa shape index (κ1) is 8.98. The molecule has 0 spiro atoms. The summed E-state index contributed by atoms with van der Waals surface area (Å²) >= 11 is -1.29. The van der Waals surface area contributed by atoms with Crippen molar-refractivity contribution < 1.29 is 0 Å². The third kappa shape index (κ3) is 2.44. The molecule has 0 fully saturated rings.